The van der Waals surface area contributed by atoms with Crippen LogP contribution in [0.4, 0.5) is 0 Å². The zero-order chi connectivity index (χ0) is 19.5. The Labute approximate surface area is 158 Å². The molecule has 142 valence electrons. The zero-order valence-electron chi connectivity index (χ0n) is 16.8. The van der Waals surface area contributed by atoms with Crippen LogP contribution in [0.1, 0.15) is 63.6 Å². The molecule has 3 heteroatoms. The van der Waals surface area contributed by atoms with Crippen LogP contribution in [-0.4, -0.2) is 23.7 Å². The minimum absolute atomic E-state index is 0.103. The Balaban J connectivity index is 2.63. The van der Waals surface area contributed by atoms with Crippen molar-refractivity contribution in [1.82, 2.24) is 5.32 Å². The van der Waals surface area contributed by atoms with Gasteiger partial charge in [0.05, 0.1) is 6.10 Å². The number of benzene rings is 1. The van der Waals surface area contributed by atoms with Gasteiger partial charge >= 0.3 is 0 Å². The van der Waals surface area contributed by atoms with Crippen LogP contribution in [0, 0.1) is 6.92 Å². The molecule has 0 bridgehead atoms. The lowest BCUT2D eigenvalue weighted by molar-refractivity contribution is -0.119. The molecule has 0 heterocycles. The van der Waals surface area contributed by atoms with Crippen molar-refractivity contribution >= 4 is 17.6 Å². The van der Waals surface area contributed by atoms with Gasteiger partial charge in [0.25, 0.3) is 0 Å². The fraction of sp³-hybridized carbons (Fsp3) is 0.435. The highest BCUT2D eigenvalue weighted by Gasteiger charge is 2.04. The molecule has 1 rings (SSSR count). The van der Waals surface area contributed by atoms with Gasteiger partial charge < -0.3 is 10.4 Å². The fourth-order valence-electron chi connectivity index (χ4n) is 2.88. The maximum Gasteiger partial charge on any atom is 0.216 e. The van der Waals surface area contributed by atoms with E-state index < -0.39 is 6.10 Å². The summed E-state index contributed by atoms with van der Waals surface area (Å²) in [5.41, 5.74) is 6.24. The number of aliphatic hydroxyl groups is 1. The molecular formula is C23H33NO2. The van der Waals surface area contributed by atoms with Gasteiger partial charge in [0.2, 0.25) is 5.91 Å². The van der Waals surface area contributed by atoms with E-state index in [1.165, 1.54) is 34.8 Å². The van der Waals surface area contributed by atoms with E-state index in [1.807, 2.05) is 6.92 Å². The van der Waals surface area contributed by atoms with Crippen molar-refractivity contribution in [3.63, 3.8) is 0 Å². The number of carbonyl (C=O) groups is 1. The van der Waals surface area contributed by atoms with Crippen LogP contribution in [0.3, 0.4) is 0 Å². The molecule has 2 N–H and O–H groups in total. The molecule has 0 radical (unpaired) electrons. The SMILES string of the molecule is CC=Cc1cc(C)ccc1C(C)=CC(C)=CCCC[C@H](O)CNC(C)=O. The van der Waals surface area contributed by atoms with Gasteiger partial charge in [-0.25, -0.2) is 0 Å². The lowest BCUT2D eigenvalue weighted by atomic mass is 9.96. The molecule has 1 aromatic carbocycles. The first-order valence-electron chi connectivity index (χ1n) is 9.34. The van der Waals surface area contributed by atoms with Crippen LogP contribution < -0.4 is 5.32 Å². The summed E-state index contributed by atoms with van der Waals surface area (Å²) in [5.74, 6) is -0.103. The van der Waals surface area contributed by atoms with Gasteiger partial charge in [-0.05, 0) is 63.7 Å². The molecule has 1 aromatic rings. The molecule has 0 aliphatic heterocycles. The summed E-state index contributed by atoms with van der Waals surface area (Å²) in [5, 5.41) is 12.4. The minimum Gasteiger partial charge on any atom is -0.391 e. The second-order valence-corrected chi connectivity index (χ2v) is 6.89. The molecule has 1 amide bonds. The maximum absolute atomic E-state index is 10.8. The molecular weight excluding hydrogens is 322 g/mol. The molecule has 0 aromatic heterocycles. The Hall–Kier alpha value is -2.13. The predicted molar refractivity (Wildman–Crippen MR) is 112 cm³/mol. The second-order valence-electron chi connectivity index (χ2n) is 6.89. The summed E-state index contributed by atoms with van der Waals surface area (Å²) in [6, 6.07) is 6.54. The Morgan fingerprint density at radius 1 is 1.27 bits per heavy atom. The van der Waals surface area contributed by atoms with E-state index in [-0.39, 0.29) is 5.91 Å². The van der Waals surface area contributed by atoms with Crippen molar-refractivity contribution in [2.45, 2.75) is 60.0 Å². The van der Waals surface area contributed by atoms with E-state index in [9.17, 15) is 9.90 Å². The van der Waals surface area contributed by atoms with E-state index in [4.69, 9.17) is 0 Å². The Morgan fingerprint density at radius 3 is 2.65 bits per heavy atom. The molecule has 26 heavy (non-hydrogen) atoms. The third kappa shape index (κ3) is 8.30. The summed E-state index contributed by atoms with van der Waals surface area (Å²) in [6.07, 6.45) is 10.7. The maximum atomic E-state index is 10.8. The van der Waals surface area contributed by atoms with Gasteiger partial charge in [0, 0.05) is 13.5 Å². The predicted octanol–water partition coefficient (Wildman–Crippen LogP) is 5.05. The number of hydrogen-bond acceptors (Lipinski definition) is 2. The molecule has 0 fully saturated rings. The van der Waals surface area contributed by atoms with E-state index in [0.29, 0.717) is 13.0 Å². The normalized spacial score (nSPS) is 13.9. The third-order valence-electron chi connectivity index (χ3n) is 4.22. The fourth-order valence-corrected chi connectivity index (χ4v) is 2.88. The van der Waals surface area contributed by atoms with Crippen molar-refractivity contribution in [3.8, 4) is 0 Å². The summed E-state index contributed by atoms with van der Waals surface area (Å²) in [4.78, 5) is 10.8. The van der Waals surface area contributed by atoms with Gasteiger partial charge in [-0.1, -0.05) is 53.6 Å². The van der Waals surface area contributed by atoms with E-state index >= 15 is 0 Å². The molecule has 0 aliphatic carbocycles. The number of rotatable bonds is 9. The number of allylic oxidation sites excluding steroid dienone is 5. The van der Waals surface area contributed by atoms with Gasteiger partial charge in [-0.15, -0.1) is 0 Å². The van der Waals surface area contributed by atoms with Crippen LogP contribution >= 0.6 is 0 Å². The number of nitrogens with one attached hydrogen (secondary N) is 1. The molecule has 0 aliphatic rings. The van der Waals surface area contributed by atoms with Crippen molar-refractivity contribution in [3.05, 3.63) is 58.7 Å². The summed E-state index contributed by atoms with van der Waals surface area (Å²) in [7, 11) is 0. The van der Waals surface area contributed by atoms with Crippen molar-refractivity contribution < 1.29 is 9.90 Å². The van der Waals surface area contributed by atoms with Crippen LogP contribution in [0.2, 0.25) is 0 Å². The minimum atomic E-state index is -0.471. The summed E-state index contributed by atoms with van der Waals surface area (Å²) >= 11 is 0. The van der Waals surface area contributed by atoms with Gasteiger partial charge in [-0.3, -0.25) is 4.79 Å². The number of aryl methyl sites for hydroxylation is 1. The largest absolute Gasteiger partial charge is 0.391 e. The number of hydrogen-bond donors (Lipinski definition) is 2. The van der Waals surface area contributed by atoms with Crippen LogP contribution in [0.5, 0.6) is 0 Å². The molecule has 0 unspecified atom stereocenters. The first-order valence-corrected chi connectivity index (χ1v) is 9.34. The highest BCUT2D eigenvalue weighted by atomic mass is 16.3. The molecule has 0 spiro atoms. The lowest BCUT2D eigenvalue weighted by Crippen LogP contribution is -2.30. The van der Waals surface area contributed by atoms with Crippen LogP contribution in [0.25, 0.3) is 11.6 Å². The lowest BCUT2D eigenvalue weighted by Gasteiger charge is -2.10. The Kier molecular flexibility index (Phi) is 9.67. The number of carbonyl (C=O) groups excluding carboxylic acids is 1. The average Bonchev–Trinajstić information content (AvgIpc) is 2.57. The third-order valence-corrected chi connectivity index (χ3v) is 4.22. The summed E-state index contributed by atoms with van der Waals surface area (Å²) in [6.45, 7) is 10.2. The highest BCUT2D eigenvalue weighted by molar-refractivity contribution is 5.75. The standard InChI is InChI=1S/C23H33NO2/c1-6-9-21-15-18(3)12-13-23(21)19(4)14-17(2)10-7-8-11-22(26)16-24-20(5)25/h6,9-10,12-15,22,26H,7-8,11,16H2,1-5H3,(H,24,25)/t22-/m0/s1. The topological polar surface area (TPSA) is 49.3 Å². The van der Waals surface area contributed by atoms with Gasteiger partial charge in [0.15, 0.2) is 0 Å². The second kappa shape index (κ2) is 11.5. The molecule has 0 saturated heterocycles. The van der Waals surface area contributed by atoms with E-state index in [0.717, 1.165) is 12.8 Å². The van der Waals surface area contributed by atoms with E-state index in [1.54, 1.807) is 0 Å². The smallest absolute Gasteiger partial charge is 0.216 e. The molecule has 3 nitrogen and oxygen atoms in total. The summed E-state index contributed by atoms with van der Waals surface area (Å²) < 4.78 is 0. The van der Waals surface area contributed by atoms with Gasteiger partial charge in [0.1, 0.15) is 0 Å². The molecule has 1 atom stereocenters. The number of aliphatic hydroxyl groups excluding tert-OH is 1. The van der Waals surface area contributed by atoms with Crippen LogP contribution in [0.15, 0.2) is 42.0 Å². The first kappa shape index (κ1) is 21.9. The van der Waals surface area contributed by atoms with E-state index in [2.05, 4.69) is 68.6 Å². The van der Waals surface area contributed by atoms with Crippen molar-refractivity contribution in [2.75, 3.05) is 6.54 Å². The monoisotopic (exact) mass is 355 g/mol. The average molecular weight is 356 g/mol. The number of amides is 1. The molecule has 0 saturated carbocycles. The number of unbranched alkanes of at least 4 members (excludes halogenated alkanes) is 1. The Bertz CT molecular complexity index is 683. The van der Waals surface area contributed by atoms with Gasteiger partial charge in [-0.2, -0.15) is 0 Å². The van der Waals surface area contributed by atoms with Crippen molar-refractivity contribution in [1.29, 1.82) is 0 Å². The zero-order valence-corrected chi connectivity index (χ0v) is 16.8. The first-order chi connectivity index (χ1) is 12.3. The highest BCUT2D eigenvalue weighted by Crippen LogP contribution is 2.23. The quantitative estimate of drug-likeness (QED) is 0.481. The van der Waals surface area contributed by atoms with Crippen molar-refractivity contribution in [2.24, 2.45) is 0 Å². The Morgan fingerprint density at radius 2 is 2.00 bits per heavy atom. The van der Waals surface area contributed by atoms with Crippen LogP contribution in [-0.2, 0) is 4.79 Å².